The maximum absolute atomic E-state index is 11.9. The molecule has 1 aliphatic rings. The lowest BCUT2D eigenvalue weighted by molar-refractivity contribution is -0.0835. The normalized spacial score (nSPS) is 16.8. The van der Waals surface area contributed by atoms with E-state index in [2.05, 4.69) is 4.98 Å². The van der Waals surface area contributed by atoms with Crippen molar-refractivity contribution in [3.63, 3.8) is 0 Å². The fraction of sp³-hybridized carbons (Fsp3) is 0.714. The van der Waals surface area contributed by atoms with E-state index < -0.39 is 5.97 Å². The van der Waals surface area contributed by atoms with Crippen molar-refractivity contribution >= 4 is 11.8 Å². The number of aryl methyl sites for hydroxylation is 1. The molecule has 2 N–H and O–H groups in total. The van der Waals surface area contributed by atoms with E-state index in [9.17, 15) is 4.79 Å². The lowest BCUT2D eigenvalue weighted by Gasteiger charge is -2.41. The number of ether oxygens (including phenoxy) is 2. The number of nitrogens with zero attached hydrogens (tertiary/aromatic N) is 2. The fourth-order valence-corrected chi connectivity index (χ4v) is 2.60. The van der Waals surface area contributed by atoms with Gasteiger partial charge in [0.2, 0.25) is 0 Å². The van der Waals surface area contributed by atoms with E-state index in [-0.39, 0.29) is 11.3 Å². The van der Waals surface area contributed by atoms with Crippen LogP contribution in [0.15, 0.2) is 0 Å². The van der Waals surface area contributed by atoms with Crippen molar-refractivity contribution in [2.75, 3.05) is 19.5 Å². The summed E-state index contributed by atoms with van der Waals surface area (Å²) in [5, 5.41) is 0. The molecule has 1 aromatic heterocycles. The minimum absolute atomic E-state index is 0.162. The summed E-state index contributed by atoms with van der Waals surface area (Å²) in [7, 11) is 1.73. The van der Waals surface area contributed by atoms with Crippen LogP contribution in [0.1, 0.15) is 49.4 Å². The Morgan fingerprint density at radius 1 is 1.45 bits per heavy atom. The predicted molar refractivity (Wildman–Crippen MR) is 75.6 cm³/mol. The molecule has 20 heavy (non-hydrogen) atoms. The number of nitrogens with two attached hydrogens (primary N) is 1. The van der Waals surface area contributed by atoms with Crippen LogP contribution in [-0.2, 0) is 22.4 Å². The van der Waals surface area contributed by atoms with Gasteiger partial charge >= 0.3 is 5.97 Å². The number of hydrogen-bond acceptors (Lipinski definition) is 5. The Morgan fingerprint density at radius 2 is 2.15 bits per heavy atom. The van der Waals surface area contributed by atoms with Gasteiger partial charge in [-0.05, 0) is 26.2 Å². The number of rotatable bonds is 6. The quantitative estimate of drug-likeness (QED) is 0.804. The molecule has 0 atom stereocenters. The maximum Gasteiger partial charge on any atom is 0.360 e. The van der Waals surface area contributed by atoms with Gasteiger partial charge in [-0.2, -0.15) is 0 Å². The van der Waals surface area contributed by atoms with Gasteiger partial charge in [-0.3, -0.25) is 0 Å². The van der Waals surface area contributed by atoms with Crippen molar-refractivity contribution in [2.24, 2.45) is 0 Å². The number of nitrogen functional groups attached to an aromatic ring is 1. The van der Waals surface area contributed by atoms with Crippen LogP contribution >= 0.6 is 0 Å². The minimum atomic E-state index is -0.460. The zero-order valence-electron chi connectivity index (χ0n) is 12.4. The minimum Gasteiger partial charge on any atom is -0.461 e. The van der Waals surface area contributed by atoms with Gasteiger partial charge in [0.25, 0.3) is 0 Å². The Hall–Kier alpha value is -1.56. The third kappa shape index (κ3) is 2.52. The monoisotopic (exact) mass is 281 g/mol. The third-order valence-corrected chi connectivity index (χ3v) is 4.01. The van der Waals surface area contributed by atoms with Crippen LogP contribution in [0.4, 0.5) is 5.82 Å². The Morgan fingerprint density at radius 3 is 2.60 bits per heavy atom. The highest BCUT2D eigenvalue weighted by atomic mass is 16.5. The molecule has 1 heterocycles. The van der Waals surface area contributed by atoms with E-state index in [1.165, 1.54) is 0 Å². The van der Waals surface area contributed by atoms with Crippen molar-refractivity contribution in [1.29, 1.82) is 0 Å². The first-order chi connectivity index (χ1) is 9.56. The first kappa shape index (κ1) is 14.8. The van der Waals surface area contributed by atoms with Gasteiger partial charge in [-0.15, -0.1) is 0 Å². The fourth-order valence-electron chi connectivity index (χ4n) is 2.60. The molecule has 0 aromatic carbocycles. The SMILES string of the molecule is CCOC(=O)c1nc(CC)n(CC2(OC)CCC2)c1N. The zero-order chi connectivity index (χ0) is 14.8. The van der Waals surface area contributed by atoms with Crippen molar-refractivity contribution in [1.82, 2.24) is 9.55 Å². The number of esters is 1. The molecule has 1 fully saturated rings. The average molecular weight is 281 g/mol. The molecule has 1 saturated carbocycles. The van der Waals surface area contributed by atoms with E-state index in [1.807, 2.05) is 11.5 Å². The van der Waals surface area contributed by atoms with Crippen LogP contribution < -0.4 is 5.73 Å². The highest BCUT2D eigenvalue weighted by molar-refractivity contribution is 5.92. The number of methoxy groups -OCH3 is 1. The van der Waals surface area contributed by atoms with Gasteiger partial charge < -0.3 is 19.8 Å². The summed E-state index contributed by atoms with van der Waals surface area (Å²) in [5.74, 6) is 0.719. The molecule has 0 unspecified atom stereocenters. The van der Waals surface area contributed by atoms with Crippen LogP contribution in [-0.4, -0.2) is 34.8 Å². The Bertz CT molecular complexity index is 487. The summed E-state index contributed by atoms with van der Waals surface area (Å²) in [6.45, 7) is 4.72. The van der Waals surface area contributed by atoms with E-state index in [4.69, 9.17) is 15.2 Å². The van der Waals surface area contributed by atoms with Gasteiger partial charge in [-0.1, -0.05) is 6.92 Å². The number of carbonyl (C=O) groups is 1. The molecular weight excluding hydrogens is 258 g/mol. The standard InChI is InChI=1S/C14H23N3O3/c1-4-10-16-11(13(18)20-5-2)12(15)17(10)9-14(19-3)7-6-8-14/h4-9,15H2,1-3H3. The number of hydrogen-bond donors (Lipinski definition) is 1. The molecule has 6 heteroatoms. The molecular formula is C14H23N3O3. The molecule has 6 nitrogen and oxygen atoms in total. The molecule has 0 radical (unpaired) electrons. The average Bonchev–Trinajstić information content (AvgIpc) is 2.71. The number of imidazole rings is 1. The third-order valence-electron chi connectivity index (χ3n) is 4.01. The lowest BCUT2D eigenvalue weighted by Crippen LogP contribution is -2.43. The Balaban J connectivity index is 2.29. The van der Waals surface area contributed by atoms with E-state index in [0.717, 1.165) is 25.1 Å². The Kier molecular flexibility index (Phi) is 4.32. The first-order valence-electron chi connectivity index (χ1n) is 7.14. The summed E-state index contributed by atoms with van der Waals surface area (Å²) in [6.07, 6.45) is 3.90. The number of aromatic nitrogens is 2. The molecule has 0 aliphatic heterocycles. The van der Waals surface area contributed by atoms with Crippen LogP contribution in [0.3, 0.4) is 0 Å². The van der Waals surface area contributed by atoms with Crippen molar-refractivity contribution < 1.29 is 14.3 Å². The largest absolute Gasteiger partial charge is 0.461 e. The van der Waals surface area contributed by atoms with Crippen LogP contribution in [0.5, 0.6) is 0 Å². The lowest BCUT2D eigenvalue weighted by atomic mass is 9.80. The molecule has 2 rings (SSSR count). The number of anilines is 1. The van der Waals surface area contributed by atoms with Crippen molar-refractivity contribution in [3.8, 4) is 0 Å². The first-order valence-corrected chi connectivity index (χ1v) is 7.14. The summed E-state index contributed by atoms with van der Waals surface area (Å²) >= 11 is 0. The predicted octanol–water partition coefficient (Wildman–Crippen LogP) is 1.77. The molecule has 0 saturated heterocycles. The summed E-state index contributed by atoms with van der Waals surface area (Å²) in [6, 6.07) is 0. The van der Waals surface area contributed by atoms with Crippen molar-refractivity contribution in [2.45, 2.75) is 51.7 Å². The van der Waals surface area contributed by atoms with E-state index in [1.54, 1.807) is 14.0 Å². The molecule has 1 aromatic rings. The highest BCUT2D eigenvalue weighted by Crippen LogP contribution is 2.37. The summed E-state index contributed by atoms with van der Waals surface area (Å²) in [5.41, 5.74) is 6.15. The van der Waals surface area contributed by atoms with Crippen molar-refractivity contribution in [3.05, 3.63) is 11.5 Å². The second-order valence-corrected chi connectivity index (χ2v) is 5.16. The molecule has 0 spiro atoms. The zero-order valence-corrected chi connectivity index (χ0v) is 12.4. The Labute approximate surface area is 119 Å². The van der Waals surface area contributed by atoms with Gasteiger partial charge in [0.05, 0.1) is 18.8 Å². The summed E-state index contributed by atoms with van der Waals surface area (Å²) < 4.78 is 12.5. The molecule has 1 aliphatic carbocycles. The number of carbonyl (C=O) groups excluding carboxylic acids is 1. The van der Waals surface area contributed by atoms with Crippen LogP contribution in [0.25, 0.3) is 0 Å². The van der Waals surface area contributed by atoms with Gasteiger partial charge in [0, 0.05) is 13.5 Å². The van der Waals surface area contributed by atoms with Crippen LogP contribution in [0.2, 0.25) is 0 Å². The molecule has 112 valence electrons. The second-order valence-electron chi connectivity index (χ2n) is 5.16. The van der Waals surface area contributed by atoms with Gasteiger partial charge in [0.15, 0.2) is 5.69 Å². The van der Waals surface area contributed by atoms with Gasteiger partial charge in [0.1, 0.15) is 11.6 Å². The molecule has 0 bridgehead atoms. The smallest absolute Gasteiger partial charge is 0.360 e. The topological polar surface area (TPSA) is 79.4 Å². The van der Waals surface area contributed by atoms with Crippen LogP contribution in [0, 0.1) is 0 Å². The van der Waals surface area contributed by atoms with Gasteiger partial charge in [-0.25, -0.2) is 9.78 Å². The highest BCUT2D eigenvalue weighted by Gasteiger charge is 2.39. The van der Waals surface area contributed by atoms with E-state index >= 15 is 0 Å². The van der Waals surface area contributed by atoms with E-state index in [0.29, 0.717) is 25.4 Å². The maximum atomic E-state index is 11.9. The summed E-state index contributed by atoms with van der Waals surface area (Å²) in [4.78, 5) is 16.2. The second kappa shape index (κ2) is 5.83. The molecule has 0 amide bonds.